The van der Waals surface area contributed by atoms with E-state index in [1.54, 1.807) is 26.1 Å². The van der Waals surface area contributed by atoms with E-state index >= 15 is 0 Å². The Morgan fingerprint density at radius 3 is 2.62 bits per heavy atom. The number of carbonyl (C=O) groups is 2. The molecule has 1 atom stereocenters. The smallest absolute Gasteiger partial charge is 0.414 e. The van der Waals surface area contributed by atoms with Crippen LogP contribution in [-0.4, -0.2) is 33.5 Å². The molecule has 142 valence electrons. The maximum atomic E-state index is 12.5. The second-order valence-corrected chi connectivity index (χ2v) is 9.36. The minimum Gasteiger partial charge on any atom is -0.463 e. The Bertz CT molecular complexity index is 718. The lowest BCUT2D eigenvalue weighted by Crippen LogP contribution is -2.36. The molecular weight excluding hydrogens is 468 g/mol. The molecule has 1 aliphatic heterocycles. The Labute approximate surface area is 175 Å². The molecule has 0 spiro atoms. The van der Waals surface area contributed by atoms with Gasteiger partial charge in [-0.25, -0.2) is 4.79 Å². The first-order valence-corrected chi connectivity index (χ1v) is 9.68. The standard InChI is InChI=1S/C17H17BrCl3NO4/c1-10(2)26-15(23)8-14-13-7-12(18)4-3-11(13)5-6-22(14)16(24)25-9-17(19,20)21/h3-7,10,14H,8-9H2,1-2H3/t14-/m1/s1. The highest BCUT2D eigenvalue weighted by Crippen LogP contribution is 2.36. The van der Waals surface area contributed by atoms with Crippen molar-refractivity contribution in [1.29, 1.82) is 0 Å². The average Bonchev–Trinajstić information content (AvgIpc) is 2.51. The van der Waals surface area contributed by atoms with Crippen LogP contribution in [0.4, 0.5) is 4.79 Å². The van der Waals surface area contributed by atoms with Crippen LogP contribution in [0.25, 0.3) is 6.08 Å². The number of hydrogen-bond acceptors (Lipinski definition) is 4. The fourth-order valence-corrected chi connectivity index (χ4v) is 3.03. The summed E-state index contributed by atoms with van der Waals surface area (Å²) in [4.78, 5) is 26.0. The monoisotopic (exact) mass is 483 g/mol. The lowest BCUT2D eigenvalue weighted by atomic mass is 9.94. The van der Waals surface area contributed by atoms with Gasteiger partial charge in [-0.15, -0.1) is 0 Å². The Morgan fingerprint density at radius 2 is 2.00 bits per heavy atom. The first-order valence-electron chi connectivity index (χ1n) is 7.76. The quantitative estimate of drug-likeness (QED) is 0.410. The SMILES string of the molecule is CC(C)OC(=O)C[C@@H]1c2cc(Br)ccc2C=CN1C(=O)OCC(Cl)(Cl)Cl. The molecule has 0 saturated carbocycles. The second kappa shape index (κ2) is 8.83. The number of benzene rings is 1. The summed E-state index contributed by atoms with van der Waals surface area (Å²) in [6.45, 7) is 3.11. The Kier molecular flexibility index (Phi) is 7.25. The second-order valence-electron chi connectivity index (χ2n) is 5.92. The minimum absolute atomic E-state index is 0.0329. The van der Waals surface area contributed by atoms with Crippen molar-refractivity contribution in [3.05, 3.63) is 40.0 Å². The van der Waals surface area contributed by atoms with E-state index in [9.17, 15) is 9.59 Å². The molecule has 1 heterocycles. The minimum atomic E-state index is -1.72. The van der Waals surface area contributed by atoms with E-state index in [0.29, 0.717) is 0 Å². The number of halogens is 4. The van der Waals surface area contributed by atoms with Crippen molar-refractivity contribution >= 4 is 68.9 Å². The van der Waals surface area contributed by atoms with E-state index in [-0.39, 0.29) is 12.5 Å². The van der Waals surface area contributed by atoms with Gasteiger partial charge >= 0.3 is 12.1 Å². The maximum absolute atomic E-state index is 12.5. The molecule has 5 nitrogen and oxygen atoms in total. The van der Waals surface area contributed by atoms with Gasteiger partial charge in [0.25, 0.3) is 0 Å². The Balaban J connectivity index is 2.28. The van der Waals surface area contributed by atoms with Crippen LogP contribution in [0.1, 0.15) is 37.4 Å². The predicted molar refractivity (Wildman–Crippen MR) is 105 cm³/mol. The van der Waals surface area contributed by atoms with Gasteiger partial charge in [-0.3, -0.25) is 9.69 Å². The van der Waals surface area contributed by atoms with Gasteiger partial charge in [0, 0.05) is 10.7 Å². The molecule has 0 unspecified atom stereocenters. The number of ether oxygens (including phenoxy) is 2. The zero-order chi connectivity index (χ0) is 19.5. The number of esters is 1. The number of nitrogens with zero attached hydrogens (tertiary/aromatic N) is 1. The summed E-state index contributed by atoms with van der Waals surface area (Å²) >= 11 is 20.3. The molecule has 0 aliphatic carbocycles. The van der Waals surface area contributed by atoms with E-state index in [2.05, 4.69) is 15.9 Å². The van der Waals surface area contributed by atoms with Crippen LogP contribution >= 0.6 is 50.7 Å². The highest BCUT2D eigenvalue weighted by molar-refractivity contribution is 9.10. The molecule has 1 aliphatic rings. The van der Waals surface area contributed by atoms with Crippen molar-refractivity contribution in [2.24, 2.45) is 0 Å². The molecule has 1 aromatic rings. The van der Waals surface area contributed by atoms with Crippen LogP contribution in [-0.2, 0) is 14.3 Å². The third-order valence-corrected chi connectivity index (χ3v) is 4.28. The largest absolute Gasteiger partial charge is 0.463 e. The van der Waals surface area contributed by atoms with Gasteiger partial charge in [-0.2, -0.15) is 0 Å². The summed E-state index contributed by atoms with van der Waals surface area (Å²) in [6.07, 6.45) is 2.29. The molecule has 0 fully saturated rings. The molecule has 0 N–H and O–H groups in total. The van der Waals surface area contributed by atoms with E-state index < -0.39 is 28.5 Å². The molecule has 9 heteroatoms. The maximum Gasteiger partial charge on any atom is 0.414 e. The molecule has 0 radical (unpaired) electrons. The molecular formula is C17H17BrCl3NO4. The van der Waals surface area contributed by atoms with Crippen molar-refractivity contribution in [1.82, 2.24) is 4.90 Å². The zero-order valence-electron chi connectivity index (χ0n) is 14.0. The van der Waals surface area contributed by atoms with E-state index in [0.717, 1.165) is 15.6 Å². The van der Waals surface area contributed by atoms with Gasteiger partial charge in [0.2, 0.25) is 3.79 Å². The summed E-state index contributed by atoms with van der Waals surface area (Å²) in [5.74, 6) is -0.426. The third kappa shape index (κ3) is 6.05. The first kappa shape index (κ1) is 21.4. The normalized spacial score (nSPS) is 16.4. The van der Waals surface area contributed by atoms with Gasteiger partial charge < -0.3 is 9.47 Å². The van der Waals surface area contributed by atoms with Crippen molar-refractivity contribution in [2.45, 2.75) is 36.2 Å². The topological polar surface area (TPSA) is 55.8 Å². The highest BCUT2D eigenvalue weighted by Gasteiger charge is 2.33. The number of alkyl halides is 3. The summed E-state index contributed by atoms with van der Waals surface area (Å²) < 4.78 is 9.39. The molecule has 1 amide bonds. The third-order valence-electron chi connectivity index (χ3n) is 3.46. The molecule has 0 aromatic heterocycles. The van der Waals surface area contributed by atoms with Crippen molar-refractivity contribution in [3.8, 4) is 0 Å². The van der Waals surface area contributed by atoms with Crippen molar-refractivity contribution < 1.29 is 19.1 Å². The van der Waals surface area contributed by atoms with E-state index in [1.165, 1.54) is 4.90 Å². The molecule has 1 aromatic carbocycles. The molecule has 26 heavy (non-hydrogen) atoms. The molecule has 2 rings (SSSR count). The van der Waals surface area contributed by atoms with Crippen LogP contribution in [0.2, 0.25) is 0 Å². The molecule has 0 saturated heterocycles. The average molecular weight is 486 g/mol. The Hall–Kier alpha value is -0.950. The number of hydrogen-bond donors (Lipinski definition) is 0. The highest BCUT2D eigenvalue weighted by atomic mass is 79.9. The summed E-state index contributed by atoms with van der Waals surface area (Å²) in [5, 5.41) is 0. The number of amides is 1. The summed E-state index contributed by atoms with van der Waals surface area (Å²) in [6, 6.07) is 5.02. The number of carbonyl (C=O) groups excluding carboxylic acids is 2. The molecule has 0 bridgehead atoms. The van der Waals surface area contributed by atoms with Gasteiger partial charge in [0.1, 0.15) is 6.61 Å². The Morgan fingerprint density at radius 1 is 1.31 bits per heavy atom. The van der Waals surface area contributed by atoms with Gasteiger partial charge in [-0.05, 0) is 43.2 Å². The summed E-state index contributed by atoms with van der Waals surface area (Å²) in [7, 11) is 0. The summed E-state index contributed by atoms with van der Waals surface area (Å²) in [5.41, 5.74) is 1.68. The van der Waals surface area contributed by atoms with Crippen LogP contribution in [0, 0.1) is 0 Å². The number of rotatable bonds is 4. The first-order chi connectivity index (χ1) is 12.1. The lowest BCUT2D eigenvalue weighted by molar-refractivity contribution is -0.148. The lowest BCUT2D eigenvalue weighted by Gasteiger charge is -2.32. The van der Waals surface area contributed by atoms with Crippen LogP contribution < -0.4 is 0 Å². The zero-order valence-corrected chi connectivity index (χ0v) is 17.9. The van der Waals surface area contributed by atoms with Crippen molar-refractivity contribution in [3.63, 3.8) is 0 Å². The van der Waals surface area contributed by atoms with Gasteiger partial charge in [0.15, 0.2) is 0 Å². The van der Waals surface area contributed by atoms with Crippen molar-refractivity contribution in [2.75, 3.05) is 6.61 Å². The van der Waals surface area contributed by atoms with Crippen LogP contribution in [0.3, 0.4) is 0 Å². The van der Waals surface area contributed by atoms with E-state index in [1.807, 2.05) is 18.2 Å². The fraction of sp³-hybridized carbons (Fsp3) is 0.412. The number of fused-ring (bicyclic) bond motifs is 1. The van der Waals surface area contributed by atoms with Gasteiger partial charge in [-0.1, -0.05) is 56.8 Å². The van der Waals surface area contributed by atoms with Crippen LogP contribution in [0.15, 0.2) is 28.9 Å². The predicted octanol–water partition coefficient (Wildman–Crippen LogP) is 5.63. The van der Waals surface area contributed by atoms with E-state index in [4.69, 9.17) is 44.3 Å². The van der Waals surface area contributed by atoms with Crippen LogP contribution in [0.5, 0.6) is 0 Å². The fourth-order valence-electron chi connectivity index (χ4n) is 2.48. The van der Waals surface area contributed by atoms with Gasteiger partial charge in [0.05, 0.1) is 18.6 Å².